The molecule has 2 aromatic carbocycles. The van der Waals surface area contributed by atoms with E-state index in [-0.39, 0.29) is 11.9 Å². The fourth-order valence-electron chi connectivity index (χ4n) is 4.63. The number of rotatable bonds is 9. The normalized spacial score (nSPS) is 17.8. The summed E-state index contributed by atoms with van der Waals surface area (Å²) in [6.45, 7) is 4.15. The van der Waals surface area contributed by atoms with Crippen LogP contribution >= 0.6 is 0 Å². The van der Waals surface area contributed by atoms with Crippen LogP contribution in [-0.4, -0.2) is 59.8 Å². The Morgan fingerprint density at radius 1 is 1.06 bits per heavy atom. The number of ether oxygens (including phenoxy) is 1. The molecule has 0 spiro atoms. The maximum atomic E-state index is 13.2. The average molecular weight is 476 g/mol. The van der Waals surface area contributed by atoms with Crippen LogP contribution in [0.4, 0.5) is 4.79 Å². The van der Waals surface area contributed by atoms with Gasteiger partial charge in [-0.25, -0.2) is 4.79 Å². The van der Waals surface area contributed by atoms with Crippen LogP contribution in [-0.2, 0) is 29.2 Å². The number of nitrogens with one attached hydrogen (secondary N) is 3. The van der Waals surface area contributed by atoms with Gasteiger partial charge in [-0.3, -0.25) is 4.79 Å². The van der Waals surface area contributed by atoms with Crippen molar-refractivity contribution in [2.24, 2.45) is 0 Å². The summed E-state index contributed by atoms with van der Waals surface area (Å²) in [4.78, 5) is 27.5. The number of urea groups is 1. The first kappa shape index (κ1) is 23.4. The second kappa shape index (κ2) is 10.9. The first-order valence-corrected chi connectivity index (χ1v) is 12.4. The van der Waals surface area contributed by atoms with E-state index in [0.717, 1.165) is 41.4 Å². The van der Waals surface area contributed by atoms with Crippen LogP contribution in [0.5, 0.6) is 0 Å². The predicted molar refractivity (Wildman–Crippen MR) is 135 cm³/mol. The highest BCUT2D eigenvalue weighted by Crippen LogP contribution is 2.31. The number of morpholine rings is 1. The van der Waals surface area contributed by atoms with Crippen LogP contribution in [0.25, 0.3) is 10.9 Å². The van der Waals surface area contributed by atoms with Crippen molar-refractivity contribution >= 4 is 22.8 Å². The Bertz CT molecular complexity index is 1150. The van der Waals surface area contributed by atoms with Gasteiger partial charge in [-0.2, -0.15) is 0 Å². The topological polar surface area (TPSA) is 87.6 Å². The van der Waals surface area contributed by atoms with Gasteiger partial charge < -0.3 is 30.2 Å². The number of carbonyl (C=O) groups is 2. The molecule has 3 N–H and O–H groups in total. The Labute approximate surface area is 205 Å². The lowest BCUT2D eigenvalue weighted by molar-refractivity contribution is -0.146. The molecule has 0 bridgehead atoms. The van der Waals surface area contributed by atoms with Crippen molar-refractivity contribution in [1.29, 1.82) is 0 Å². The summed E-state index contributed by atoms with van der Waals surface area (Å²) in [5.41, 5.74) is 3.29. The molecule has 3 aromatic rings. The summed E-state index contributed by atoms with van der Waals surface area (Å²) in [6, 6.07) is 18.2. The van der Waals surface area contributed by atoms with E-state index < -0.39 is 6.10 Å². The van der Waals surface area contributed by atoms with Crippen LogP contribution in [0.3, 0.4) is 0 Å². The number of hydrogen-bond donors (Lipinski definition) is 3. The van der Waals surface area contributed by atoms with Crippen LogP contribution < -0.4 is 16.0 Å². The third-order valence-corrected chi connectivity index (χ3v) is 6.62. The van der Waals surface area contributed by atoms with E-state index in [4.69, 9.17) is 4.74 Å². The standard InChI is InChI=1S/C27H33N5O3/c33-26(25-17-28-13-15-35-25)32(22-10-11-22)19-21-18-31(24-9-5-4-8-23(21)24)14-12-29-27(34)30-16-20-6-2-1-3-7-20/h1-9,18,22,25,28H,10-17,19H2,(H2,29,30,34). The molecule has 1 atom stereocenters. The molecule has 1 aromatic heterocycles. The van der Waals surface area contributed by atoms with Crippen LogP contribution in [0.15, 0.2) is 60.8 Å². The van der Waals surface area contributed by atoms with Gasteiger partial charge in [0.25, 0.3) is 5.91 Å². The predicted octanol–water partition coefficient (Wildman–Crippen LogP) is 2.62. The summed E-state index contributed by atoms with van der Waals surface area (Å²) in [7, 11) is 0. The Morgan fingerprint density at radius 2 is 1.86 bits per heavy atom. The molecule has 5 rings (SSSR count). The lowest BCUT2D eigenvalue weighted by atomic mass is 10.1. The van der Waals surface area contributed by atoms with Gasteiger partial charge in [0.15, 0.2) is 0 Å². The molecule has 1 saturated carbocycles. The quantitative estimate of drug-likeness (QED) is 0.444. The van der Waals surface area contributed by atoms with Crippen molar-refractivity contribution < 1.29 is 14.3 Å². The van der Waals surface area contributed by atoms with E-state index in [1.165, 1.54) is 0 Å². The average Bonchev–Trinajstić information content (AvgIpc) is 3.69. The highest BCUT2D eigenvalue weighted by atomic mass is 16.5. The maximum Gasteiger partial charge on any atom is 0.315 e. The minimum absolute atomic E-state index is 0.0771. The maximum absolute atomic E-state index is 13.2. The van der Waals surface area contributed by atoms with Crippen molar-refractivity contribution in [3.8, 4) is 0 Å². The van der Waals surface area contributed by atoms with E-state index in [2.05, 4.69) is 38.8 Å². The number of benzene rings is 2. The van der Waals surface area contributed by atoms with E-state index in [1.807, 2.05) is 47.4 Å². The molecular weight excluding hydrogens is 442 g/mol. The number of fused-ring (bicyclic) bond motifs is 1. The summed E-state index contributed by atoms with van der Waals surface area (Å²) in [6.07, 6.45) is 3.81. The van der Waals surface area contributed by atoms with Gasteiger partial charge in [-0.05, 0) is 30.0 Å². The van der Waals surface area contributed by atoms with Crippen LogP contribution in [0.2, 0.25) is 0 Å². The van der Waals surface area contributed by atoms with Crippen molar-refractivity contribution in [3.63, 3.8) is 0 Å². The van der Waals surface area contributed by atoms with Gasteiger partial charge in [-0.1, -0.05) is 48.5 Å². The van der Waals surface area contributed by atoms with E-state index in [0.29, 0.717) is 45.4 Å². The number of amides is 3. The van der Waals surface area contributed by atoms with Crippen molar-refractivity contribution in [2.45, 2.75) is 44.6 Å². The lowest BCUT2D eigenvalue weighted by Crippen LogP contribution is -2.49. The molecule has 2 aliphatic rings. The molecule has 2 fully saturated rings. The molecule has 35 heavy (non-hydrogen) atoms. The summed E-state index contributed by atoms with van der Waals surface area (Å²) in [5, 5.41) is 10.2. The third-order valence-electron chi connectivity index (χ3n) is 6.62. The second-order valence-corrected chi connectivity index (χ2v) is 9.22. The van der Waals surface area contributed by atoms with Crippen LogP contribution in [0, 0.1) is 0 Å². The smallest absolute Gasteiger partial charge is 0.315 e. The third kappa shape index (κ3) is 5.83. The zero-order valence-electron chi connectivity index (χ0n) is 19.9. The molecule has 1 saturated heterocycles. The molecule has 1 aliphatic heterocycles. The van der Waals surface area contributed by atoms with Gasteiger partial charge in [0.1, 0.15) is 6.10 Å². The monoisotopic (exact) mass is 475 g/mol. The molecular formula is C27H33N5O3. The Hall–Kier alpha value is -3.36. The van der Waals surface area contributed by atoms with Crippen molar-refractivity contribution in [2.75, 3.05) is 26.2 Å². The largest absolute Gasteiger partial charge is 0.366 e. The van der Waals surface area contributed by atoms with E-state index in [9.17, 15) is 9.59 Å². The van der Waals surface area contributed by atoms with Gasteiger partial charge in [0, 0.05) is 62.4 Å². The van der Waals surface area contributed by atoms with Gasteiger partial charge in [0.05, 0.1) is 6.61 Å². The zero-order valence-corrected chi connectivity index (χ0v) is 19.9. The zero-order chi connectivity index (χ0) is 24.0. The van der Waals surface area contributed by atoms with E-state index >= 15 is 0 Å². The number of carbonyl (C=O) groups excluding carboxylic acids is 2. The summed E-state index contributed by atoms with van der Waals surface area (Å²) >= 11 is 0. The first-order valence-electron chi connectivity index (χ1n) is 12.4. The number of para-hydroxylation sites is 1. The molecule has 0 radical (unpaired) electrons. The highest BCUT2D eigenvalue weighted by Gasteiger charge is 2.37. The Kier molecular flexibility index (Phi) is 7.30. The summed E-state index contributed by atoms with van der Waals surface area (Å²) < 4.78 is 7.91. The molecule has 8 heteroatoms. The Balaban J connectivity index is 1.22. The van der Waals surface area contributed by atoms with Gasteiger partial charge >= 0.3 is 6.03 Å². The molecule has 1 unspecified atom stereocenters. The molecule has 2 heterocycles. The van der Waals surface area contributed by atoms with Gasteiger partial charge in [-0.15, -0.1) is 0 Å². The number of hydrogen-bond acceptors (Lipinski definition) is 4. The fourth-order valence-corrected chi connectivity index (χ4v) is 4.63. The van der Waals surface area contributed by atoms with Crippen molar-refractivity contribution in [3.05, 3.63) is 71.9 Å². The summed E-state index contributed by atoms with van der Waals surface area (Å²) in [5.74, 6) is 0.0771. The molecule has 3 amide bonds. The Morgan fingerprint density at radius 3 is 2.63 bits per heavy atom. The molecule has 8 nitrogen and oxygen atoms in total. The molecule has 1 aliphatic carbocycles. The SMILES string of the molecule is O=C(NCCn1cc(CN(C(=O)C2CNCCO2)C2CC2)c2ccccc21)NCc1ccccc1. The van der Waals surface area contributed by atoms with Crippen molar-refractivity contribution in [1.82, 2.24) is 25.4 Å². The van der Waals surface area contributed by atoms with Crippen LogP contribution in [0.1, 0.15) is 24.0 Å². The number of nitrogens with zero attached hydrogens (tertiary/aromatic N) is 2. The highest BCUT2D eigenvalue weighted by molar-refractivity contribution is 5.86. The second-order valence-electron chi connectivity index (χ2n) is 9.22. The molecule has 184 valence electrons. The lowest BCUT2D eigenvalue weighted by Gasteiger charge is -2.30. The number of aromatic nitrogens is 1. The van der Waals surface area contributed by atoms with E-state index in [1.54, 1.807) is 0 Å². The van der Waals surface area contributed by atoms with Gasteiger partial charge in [0.2, 0.25) is 0 Å². The fraction of sp³-hybridized carbons (Fsp3) is 0.407. The minimum Gasteiger partial charge on any atom is -0.366 e. The minimum atomic E-state index is -0.406. The first-order chi connectivity index (χ1) is 17.2.